The summed E-state index contributed by atoms with van der Waals surface area (Å²) in [6, 6.07) is 3.86. The van der Waals surface area contributed by atoms with Gasteiger partial charge in [-0.3, -0.25) is 4.79 Å². The van der Waals surface area contributed by atoms with Gasteiger partial charge in [0.15, 0.2) is 5.13 Å². The summed E-state index contributed by atoms with van der Waals surface area (Å²) in [5.41, 5.74) is 8.45. The number of anilines is 1. The monoisotopic (exact) mass is 289 g/mol. The van der Waals surface area contributed by atoms with Crippen molar-refractivity contribution in [1.82, 2.24) is 9.88 Å². The van der Waals surface area contributed by atoms with Crippen molar-refractivity contribution in [2.24, 2.45) is 5.92 Å². The zero-order valence-corrected chi connectivity index (χ0v) is 12.7. The summed E-state index contributed by atoms with van der Waals surface area (Å²) in [5.74, 6) is 0.727. The number of aromatic nitrogens is 1. The van der Waals surface area contributed by atoms with Crippen LogP contribution in [0.1, 0.15) is 35.7 Å². The molecule has 1 saturated heterocycles. The van der Waals surface area contributed by atoms with Gasteiger partial charge in [0.2, 0.25) is 0 Å². The van der Waals surface area contributed by atoms with E-state index in [1.165, 1.54) is 17.8 Å². The van der Waals surface area contributed by atoms with Crippen molar-refractivity contribution in [1.29, 1.82) is 0 Å². The van der Waals surface area contributed by atoms with Gasteiger partial charge in [-0.2, -0.15) is 0 Å². The Bertz CT molecular complexity index is 664. The number of likely N-dealkylation sites (tertiary alicyclic amines) is 1. The average Bonchev–Trinajstić information content (AvgIpc) is 2.79. The number of benzene rings is 1. The number of fused-ring (bicyclic) bond motifs is 1. The molecule has 20 heavy (non-hydrogen) atoms. The smallest absolute Gasteiger partial charge is 0.253 e. The van der Waals surface area contributed by atoms with Crippen molar-refractivity contribution in [3.8, 4) is 0 Å². The number of thiazole rings is 1. The highest BCUT2D eigenvalue weighted by Gasteiger charge is 2.22. The molecule has 3 rings (SSSR count). The number of piperidine rings is 1. The lowest BCUT2D eigenvalue weighted by molar-refractivity contribution is 0.0683. The lowest BCUT2D eigenvalue weighted by Gasteiger charge is -2.31. The van der Waals surface area contributed by atoms with E-state index >= 15 is 0 Å². The summed E-state index contributed by atoms with van der Waals surface area (Å²) >= 11 is 1.44. The van der Waals surface area contributed by atoms with E-state index in [2.05, 4.69) is 11.9 Å². The summed E-state index contributed by atoms with van der Waals surface area (Å²) in [6.07, 6.45) is 2.31. The van der Waals surface area contributed by atoms with Crippen LogP contribution in [0.25, 0.3) is 10.2 Å². The normalized spacial score (nSPS) is 19.5. The Hall–Kier alpha value is -1.62. The van der Waals surface area contributed by atoms with Gasteiger partial charge in [-0.1, -0.05) is 18.3 Å². The second-order valence-electron chi connectivity index (χ2n) is 5.69. The predicted octanol–water partition coefficient (Wildman–Crippen LogP) is 3.06. The Labute approximate surface area is 122 Å². The highest BCUT2D eigenvalue weighted by atomic mass is 32.1. The van der Waals surface area contributed by atoms with Gasteiger partial charge in [0.25, 0.3) is 5.91 Å². The van der Waals surface area contributed by atoms with Crippen LogP contribution in [0.2, 0.25) is 0 Å². The maximum atomic E-state index is 12.6. The number of nitrogens with two attached hydrogens (primary N) is 1. The minimum Gasteiger partial charge on any atom is -0.375 e. The molecule has 5 heteroatoms. The number of hydrogen-bond donors (Lipinski definition) is 1. The first-order chi connectivity index (χ1) is 9.54. The Kier molecular flexibility index (Phi) is 3.38. The Morgan fingerprint density at radius 1 is 1.50 bits per heavy atom. The maximum Gasteiger partial charge on any atom is 0.253 e. The first-order valence-corrected chi connectivity index (χ1v) is 7.82. The molecule has 1 aliphatic heterocycles. The summed E-state index contributed by atoms with van der Waals surface area (Å²) in [7, 11) is 0. The van der Waals surface area contributed by atoms with Crippen molar-refractivity contribution in [2.45, 2.75) is 26.7 Å². The maximum absolute atomic E-state index is 12.6. The van der Waals surface area contributed by atoms with Gasteiger partial charge < -0.3 is 10.6 Å². The second kappa shape index (κ2) is 5.05. The summed E-state index contributed by atoms with van der Waals surface area (Å²) in [6.45, 7) is 5.92. The van der Waals surface area contributed by atoms with E-state index in [0.717, 1.165) is 40.9 Å². The zero-order valence-electron chi connectivity index (χ0n) is 11.8. The third-order valence-corrected chi connectivity index (χ3v) is 4.72. The number of carbonyl (C=O) groups is 1. The number of rotatable bonds is 1. The SMILES string of the molecule is Cc1cc(C(=O)N2CCCC(C)C2)cc2sc(N)nc12. The molecule has 1 aromatic heterocycles. The minimum absolute atomic E-state index is 0.133. The summed E-state index contributed by atoms with van der Waals surface area (Å²) in [4.78, 5) is 18.9. The molecule has 4 nitrogen and oxygen atoms in total. The van der Waals surface area contributed by atoms with Crippen LogP contribution in [0.4, 0.5) is 5.13 Å². The fourth-order valence-corrected chi connectivity index (χ4v) is 3.75. The number of carbonyl (C=O) groups excluding carboxylic acids is 1. The molecule has 1 aliphatic rings. The van der Waals surface area contributed by atoms with E-state index in [1.807, 2.05) is 24.0 Å². The predicted molar refractivity (Wildman–Crippen MR) is 83.1 cm³/mol. The van der Waals surface area contributed by atoms with Crippen LogP contribution in [0.15, 0.2) is 12.1 Å². The number of nitrogens with zero attached hydrogens (tertiary/aromatic N) is 2. The van der Waals surface area contributed by atoms with Crippen LogP contribution in [0.5, 0.6) is 0 Å². The summed E-state index contributed by atoms with van der Waals surface area (Å²) in [5, 5.41) is 0.555. The summed E-state index contributed by atoms with van der Waals surface area (Å²) < 4.78 is 0.996. The third kappa shape index (κ3) is 2.38. The van der Waals surface area contributed by atoms with Crippen molar-refractivity contribution in [3.63, 3.8) is 0 Å². The third-order valence-electron chi connectivity index (χ3n) is 3.89. The molecule has 2 heterocycles. The lowest BCUT2D eigenvalue weighted by Crippen LogP contribution is -2.39. The molecule has 1 atom stereocenters. The Balaban J connectivity index is 1.95. The van der Waals surface area contributed by atoms with E-state index in [0.29, 0.717) is 11.0 Å². The van der Waals surface area contributed by atoms with Gasteiger partial charge in [0.05, 0.1) is 10.2 Å². The molecule has 2 N–H and O–H groups in total. The number of nitrogen functional groups attached to an aromatic ring is 1. The molecule has 106 valence electrons. The fourth-order valence-electron chi connectivity index (χ4n) is 2.89. The Morgan fingerprint density at radius 3 is 3.05 bits per heavy atom. The fraction of sp³-hybridized carbons (Fsp3) is 0.467. The van der Waals surface area contributed by atoms with Crippen molar-refractivity contribution >= 4 is 32.6 Å². The van der Waals surface area contributed by atoms with Crippen LogP contribution < -0.4 is 5.73 Å². The van der Waals surface area contributed by atoms with Gasteiger partial charge in [-0.15, -0.1) is 0 Å². The average molecular weight is 289 g/mol. The van der Waals surface area contributed by atoms with Gasteiger partial charge in [-0.05, 0) is 43.4 Å². The molecule has 0 aliphatic carbocycles. The molecule has 0 spiro atoms. The van der Waals surface area contributed by atoms with Gasteiger partial charge in [0, 0.05) is 18.7 Å². The Morgan fingerprint density at radius 2 is 2.30 bits per heavy atom. The first-order valence-electron chi connectivity index (χ1n) is 7.00. The minimum atomic E-state index is 0.133. The highest BCUT2D eigenvalue weighted by Crippen LogP contribution is 2.28. The highest BCUT2D eigenvalue weighted by molar-refractivity contribution is 7.22. The molecular weight excluding hydrogens is 270 g/mol. The number of aryl methyl sites for hydroxylation is 1. The molecule has 1 amide bonds. The van der Waals surface area contributed by atoms with Crippen molar-refractivity contribution in [3.05, 3.63) is 23.3 Å². The second-order valence-corrected chi connectivity index (χ2v) is 6.75. The molecule has 1 unspecified atom stereocenters. The van der Waals surface area contributed by atoms with Crippen LogP contribution >= 0.6 is 11.3 Å². The van der Waals surface area contributed by atoms with E-state index in [9.17, 15) is 4.79 Å². The molecule has 0 radical (unpaired) electrons. The van der Waals surface area contributed by atoms with E-state index in [4.69, 9.17) is 5.73 Å². The van der Waals surface area contributed by atoms with Gasteiger partial charge in [-0.25, -0.2) is 4.98 Å². The molecule has 1 aromatic carbocycles. The van der Waals surface area contributed by atoms with E-state index in [-0.39, 0.29) is 5.91 Å². The quantitative estimate of drug-likeness (QED) is 0.877. The standard InChI is InChI=1S/C15H19N3OS/c1-9-4-3-5-18(8-9)14(19)11-6-10(2)13-12(7-11)20-15(16)17-13/h6-7,9H,3-5,8H2,1-2H3,(H2,16,17). The molecular formula is C15H19N3OS. The first kappa shape index (κ1) is 13.4. The topological polar surface area (TPSA) is 59.2 Å². The van der Waals surface area contributed by atoms with E-state index in [1.54, 1.807) is 0 Å². The van der Waals surface area contributed by atoms with Gasteiger partial charge in [0.1, 0.15) is 0 Å². The zero-order chi connectivity index (χ0) is 14.3. The van der Waals surface area contributed by atoms with Crippen LogP contribution in [0, 0.1) is 12.8 Å². The van der Waals surface area contributed by atoms with Crippen LogP contribution in [0.3, 0.4) is 0 Å². The number of hydrogen-bond acceptors (Lipinski definition) is 4. The van der Waals surface area contributed by atoms with Crippen molar-refractivity contribution < 1.29 is 4.79 Å². The largest absolute Gasteiger partial charge is 0.375 e. The molecule has 0 bridgehead atoms. The van der Waals surface area contributed by atoms with Crippen LogP contribution in [-0.2, 0) is 0 Å². The van der Waals surface area contributed by atoms with Crippen LogP contribution in [-0.4, -0.2) is 28.9 Å². The molecule has 0 saturated carbocycles. The molecule has 1 fully saturated rings. The number of amides is 1. The van der Waals surface area contributed by atoms with E-state index < -0.39 is 0 Å². The van der Waals surface area contributed by atoms with Crippen molar-refractivity contribution in [2.75, 3.05) is 18.8 Å². The molecule has 2 aromatic rings. The lowest BCUT2D eigenvalue weighted by atomic mass is 9.99. The van der Waals surface area contributed by atoms with Gasteiger partial charge >= 0.3 is 0 Å².